The van der Waals surface area contributed by atoms with Gasteiger partial charge in [-0.2, -0.15) is 5.10 Å². The van der Waals surface area contributed by atoms with E-state index in [2.05, 4.69) is 22.0 Å². The van der Waals surface area contributed by atoms with Gasteiger partial charge in [-0.1, -0.05) is 0 Å². The quantitative estimate of drug-likeness (QED) is 0.743. The molecule has 0 saturated carbocycles. The highest BCUT2D eigenvalue weighted by molar-refractivity contribution is 5.72. The monoisotopic (exact) mass is 297 g/mol. The molecule has 0 aliphatic carbocycles. The van der Waals surface area contributed by atoms with E-state index >= 15 is 0 Å². The molecule has 0 radical (unpaired) electrons. The SMILES string of the molecule is CCn1nc(C)c(C(C)n2cnc3cccnc3c2=O)c1C. The van der Waals surface area contributed by atoms with Crippen molar-refractivity contribution in [2.24, 2.45) is 0 Å². The van der Waals surface area contributed by atoms with Crippen LogP contribution in [0.4, 0.5) is 0 Å². The second-order valence-electron chi connectivity index (χ2n) is 5.40. The number of hydrogen-bond donors (Lipinski definition) is 0. The molecule has 0 aliphatic heterocycles. The normalized spacial score (nSPS) is 12.7. The van der Waals surface area contributed by atoms with Crippen molar-refractivity contribution >= 4 is 11.0 Å². The molecule has 0 spiro atoms. The number of hydrogen-bond acceptors (Lipinski definition) is 4. The maximum absolute atomic E-state index is 12.7. The van der Waals surface area contributed by atoms with Gasteiger partial charge in [-0.25, -0.2) is 9.97 Å². The summed E-state index contributed by atoms with van der Waals surface area (Å²) in [6.45, 7) is 8.87. The summed E-state index contributed by atoms with van der Waals surface area (Å²) >= 11 is 0. The van der Waals surface area contributed by atoms with Crippen molar-refractivity contribution < 1.29 is 0 Å². The van der Waals surface area contributed by atoms with Crippen molar-refractivity contribution in [2.75, 3.05) is 0 Å². The van der Waals surface area contributed by atoms with E-state index in [1.165, 1.54) is 0 Å². The summed E-state index contributed by atoms with van der Waals surface area (Å²) in [4.78, 5) is 21.2. The molecule has 22 heavy (non-hydrogen) atoms. The lowest BCUT2D eigenvalue weighted by atomic mass is 10.1. The molecule has 3 aromatic rings. The summed E-state index contributed by atoms with van der Waals surface area (Å²) in [6, 6.07) is 3.44. The van der Waals surface area contributed by atoms with Gasteiger partial charge >= 0.3 is 0 Å². The van der Waals surface area contributed by atoms with Crippen molar-refractivity contribution in [1.82, 2.24) is 24.3 Å². The van der Waals surface area contributed by atoms with Crippen LogP contribution in [0.25, 0.3) is 11.0 Å². The first-order valence-electron chi connectivity index (χ1n) is 7.40. The molecule has 0 aliphatic rings. The predicted molar refractivity (Wildman–Crippen MR) is 85.0 cm³/mol. The predicted octanol–water partition coefficient (Wildman–Crippen LogP) is 2.23. The molecule has 0 aromatic carbocycles. The number of fused-ring (bicyclic) bond motifs is 1. The van der Waals surface area contributed by atoms with Crippen LogP contribution >= 0.6 is 0 Å². The Labute approximate surface area is 128 Å². The molecular weight excluding hydrogens is 278 g/mol. The van der Waals surface area contributed by atoms with Crippen LogP contribution in [0.2, 0.25) is 0 Å². The Balaban J connectivity index is 2.18. The molecule has 0 bridgehead atoms. The van der Waals surface area contributed by atoms with E-state index in [0.717, 1.165) is 23.5 Å². The van der Waals surface area contributed by atoms with Crippen molar-refractivity contribution in [1.29, 1.82) is 0 Å². The number of rotatable bonds is 3. The average Bonchev–Trinajstić information content (AvgIpc) is 2.81. The van der Waals surface area contributed by atoms with Crippen LogP contribution in [0, 0.1) is 13.8 Å². The number of nitrogens with zero attached hydrogens (tertiary/aromatic N) is 5. The fourth-order valence-electron chi connectivity index (χ4n) is 3.00. The van der Waals surface area contributed by atoms with E-state index in [1.54, 1.807) is 29.2 Å². The molecule has 114 valence electrons. The first kappa shape index (κ1) is 14.4. The molecule has 3 aromatic heterocycles. The van der Waals surface area contributed by atoms with E-state index in [0.29, 0.717) is 11.0 Å². The molecule has 1 atom stereocenters. The number of aromatic nitrogens is 5. The third-order valence-corrected chi connectivity index (χ3v) is 4.12. The molecule has 0 fully saturated rings. The first-order chi connectivity index (χ1) is 10.5. The topological polar surface area (TPSA) is 65.6 Å². The van der Waals surface area contributed by atoms with E-state index in [-0.39, 0.29) is 11.6 Å². The lowest BCUT2D eigenvalue weighted by Gasteiger charge is -2.16. The zero-order valence-electron chi connectivity index (χ0n) is 13.2. The molecule has 3 rings (SSSR count). The lowest BCUT2D eigenvalue weighted by Crippen LogP contribution is -2.25. The zero-order chi connectivity index (χ0) is 15.9. The van der Waals surface area contributed by atoms with E-state index < -0.39 is 0 Å². The molecule has 6 nitrogen and oxygen atoms in total. The second kappa shape index (κ2) is 5.36. The smallest absolute Gasteiger partial charge is 0.280 e. The summed E-state index contributed by atoms with van der Waals surface area (Å²) in [7, 11) is 0. The number of aryl methyl sites for hydroxylation is 2. The van der Waals surface area contributed by atoms with Crippen molar-refractivity contribution in [3.63, 3.8) is 0 Å². The van der Waals surface area contributed by atoms with Gasteiger partial charge in [0.25, 0.3) is 5.56 Å². The van der Waals surface area contributed by atoms with Crippen LogP contribution in [0.5, 0.6) is 0 Å². The van der Waals surface area contributed by atoms with Gasteiger partial charge in [0.05, 0.1) is 23.6 Å². The summed E-state index contributed by atoms with van der Waals surface area (Å²) in [6.07, 6.45) is 3.21. The second-order valence-corrected chi connectivity index (χ2v) is 5.40. The third kappa shape index (κ3) is 2.11. The standard InChI is InChI=1S/C16H19N5O/c1-5-21-12(4)14(10(2)19-21)11(3)20-9-18-13-7-6-8-17-15(13)16(20)22/h6-9,11H,5H2,1-4H3. The van der Waals surface area contributed by atoms with E-state index in [1.807, 2.05) is 25.5 Å². The van der Waals surface area contributed by atoms with Crippen molar-refractivity contribution in [2.45, 2.75) is 40.3 Å². The van der Waals surface area contributed by atoms with Crippen LogP contribution in [0.15, 0.2) is 29.5 Å². The van der Waals surface area contributed by atoms with Crippen LogP contribution in [-0.2, 0) is 6.54 Å². The summed E-state index contributed by atoms with van der Waals surface area (Å²) in [5.41, 5.74) is 3.99. The van der Waals surface area contributed by atoms with Gasteiger partial charge in [0.2, 0.25) is 0 Å². The van der Waals surface area contributed by atoms with Crippen LogP contribution in [0.1, 0.15) is 36.8 Å². The molecule has 0 N–H and O–H groups in total. The van der Waals surface area contributed by atoms with Crippen LogP contribution in [0.3, 0.4) is 0 Å². The van der Waals surface area contributed by atoms with Gasteiger partial charge in [0, 0.05) is 24.0 Å². The van der Waals surface area contributed by atoms with Crippen LogP contribution < -0.4 is 5.56 Å². The van der Waals surface area contributed by atoms with E-state index in [9.17, 15) is 4.79 Å². The molecule has 1 unspecified atom stereocenters. The summed E-state index contributed by atoms with van der Waals surface area (Å²) < 4.78 is 3.59. The molecule has 0 saturated heterocycles. The minimum Gasteiger partial charge on any atom is -0.290 e. The zero-order valence-corrected chi connectivity index (χ0v) is 13.2. The van der Waals surface area contributed by atoms with Gasteiger partial charge in [0.1, 0.15) is 0 Å². The summed E-state index contributed by atoms with van der Waals surface area (Å²) in [5.74, 6) is 0. The molecule has 3 heterocycles. The van der Waals surface area contributed by atoms with Gasteiger partial charge in [-0.3, -0.25) is 14.0 Å². The Morgan fingerprint density at radius 1 is 1.27 bits per heavy atom. The highest BCUT2D eigenvalue weighted by Gasteiger charge is 2.20. The minimum atomic E-state index is -0.133. The Kier molecular flexibility index (Phi) is 3.52. The molecule has 0 amide bonds. The molecular formula is C16H19N5O. The van der Waals surface area contributed by atoms with Gasteiger partial charge in [-0.15, -0.1) is 0 Å². The maximum Gasteiger partial charge on any atom is 0.280 e. The summed E-state index contributed by atoms with van der Waals surface area (Å²) in [5, 5.41) is 4.53. The van der Waals surface area contributed by atoms with E-state index in [4.69, 9.17) is 0 Å². The lowest BCUT2D eigenvalue weighted by molar-refractivity contribution is 0.595. The number of pyridine rings is 1. The van der Waals surface area contributed by atoms with Gasteiger partial charge in [0.15, 0.2) is 5.52 Å². The highest BCUT2D eigenvalue weighted by atomic mass is 16.1. The Hall–Kier alpha value is -2.50. The maximum atomic E-state index is 12.7. The Morgan fingerprint density at radius 2 is 2.05 bits per heavy atom. The largest absolute Gasteiger partial charge is 0.290 e. The molecule has 6 heteroatoms. The van der Waals surface area contributed by atoms with Gasteiger partial charge in [-0.05, 0) is 39.8 Å². The third-order valence-electron chi connectivity index (χ3n) is 4.12. The Morgan fingerprint density at radius 3 is 2.73 bits per heavy atom. The van der Waals surface area contributed by atoms with Crippen molar-refractivity contribution in [3.05, 3.63) is 52.0 Å². The average molecular weight is 297 g/mol. The Bertz CT molecular complexity index is 893. The highest BCUT2D eigenvalue weighted by Crippen LogP contribution is 2.24. The fourth-order valence-corrected chi connectivity index (χ4v) is 3.00. The minimum absolute atomic E-state index is 0.124. The fraction of sp³-hybridized carbons (Fsp3) is 0.375. The van der Waals surface area contributed by atoms with Gasteiger partial charge < -0.3 is 0 Å². The van der Waals surface area contributed by atoms with Crippen LogP contribution in [-0.4, -0.2) is 24.3 Å². The first-order valence-corrected chi connectivity index (χ1v) is 7.40. The van der Waals surface area contributed by atoms with Crippen molar-refractivity contribution in [3.8, 4) is 0 Å².